The van der Waals surface area contributed by atoms with Crippen molar-refractivity contribution in [2.75, 3.05) is 31.0 Å². The third kappa shape index (κ3) is 3.90. The first-order valence-corrected chi connectivity index (χ1v) is 9.68. The highest BCUT2D eigenvalue weighted by Crippen LogP contribution is 2.34. The van der Waals surface area contributed by atoms with Crippen LogP contribution >= 0.6 is 0 Å². The minimum atomic E-state index is -0.193. The van der Waals surface area contributed by atoms with Crippen LogP contribution in [0.15, 0.2) is 66.7 Å². The van der Waals surface area contributed by atoms with Gasteiger partial charge >= 0.3 is 0 Å². The highest BCUT2D eigenvalue weighted by Gasteiger charge is 2.18. The number of carbonyl (C=O) groups is 1. The number of fused-ring (bicyclic) bond motifs is 1. The molecule has 0 unspecified atom stereocenters. The number of hydrogen-bond donors (Lipinski definition) is 1. The van der Waals surface area contributed by atoms with Crippen LogP contribution in [0.3, 0.4) is 0 Å². The molecular weight excluding hydrogens is 364 g/mol. The predicted molar refractivity (Wildman–Crippen MR) is 116 cm³/mol. The van der Waals surface area contributed by atoms with Crippen molar-refractivity contribution in [3.05, 3.63) is 77.9 Å². The van der Waals surface area contributed by atoms with Crippen molar-refractivity contribution < 1.29 is 14.3 Å². The van der Waals surface area contributed by atoms with Gasteiger partial charge in [0.05, 0.1) is 14.2 Å². The lowest BCUT2D eigenvalue weighted by Gasteiger charge is -2.31. The summed E-state index contributed by atoms with van der Waals surface area (Å²) in [5.41, 5.74) is 5.03. The topological polar surface area (TPSA) is 50.8 Å². The van der Waals surface area contributed by atoms with Crippen LogP contribution < -0.4 is 19.7 Å². The van der Waals surface area contributed by atoms with Crippen molar-refractivity contribution in [3.8, 4) is 11.5 Å². The van der Waals surface area contributed by atoms with Crippen LogP contribution in [0.25, 0.3) is 0 Å². The van der Waals surface area contributed by atoms with E-state index in [4.69, 9.17) is 9.47 Å². The van der Waals surface area contributed by atoms with E-state index in [1.54, 1.807) is 32.4 Å². The van der Waals surface area contributed by atoms with Gasteiger partial charge < -0.3 is 19.7 Å². The van der Waals surface area contributed by atoms with Crippen LogP contribution in [0.1, 0.15) is 22.3 Å². The molecule has 29 heavy (non-hydrogen) atoms. The second-order valence-electron chi connectivity index (χ2n) is 6.95. The Morgan fingerprint density at radius 2 is 1.69 bits per heavy atom. The molecule has 0 aliphatic carbocycles. The zero-order valence-corrected chi connectivity index (χ0v) is 16.6. The molecule has 0 aromatic heterocycles. The van der Waals surface area contributed by atoms with Crippen LogP contribution in [0.2, 0.25) is 0 Å². The van der Waals surface area contributed by atoms with Crippen LogP contribution in [0, 0.1) is 0 Å². The van der Waals surface area contributed by atoms with Crippen molar-refractivity contribution in [2.24, 2.45) is 0 Å². The number of hydrogen-bond acceptors (Lipinski definition) is 4. The van der Waals surface area contributed by atoms with Gasteiger partial charge in [-0.15, -0.1) is 0 Å². The normalized spacial score (nSPS) is 12.8. The van der Waals surface area contributed by atoms with Gasteiger partial charge in [-0.05, 0) is 66.9 Å². The molecule has 0 fully saturated rings. The molecule has 5 nitrogen and oxygen atoms in total. The monoisotopic (exact) mass is 388 g/mol. The molecule has 3 aromatic rings. The predicted octanol–water partition coefficient (Wildman–Crippen LogP) is 5.04. The first kappa shape index (κ1) is 18.9. The fraction of sp³-hybridized carbons (Fsp3) is 0.208. The molecule has 148 valence electrons. The molecule has 1 aliphatic rings. The molecule has 1 N–H and O–H groups in total. The Bertz CT molecular complexity index is 1010. The van der Waals surface area contributed by atoms with Gasteiger partial charge in [-0.3, -0.25) is 4.79 Å². The second kappa shape index (κ2) is 8.27. The number of nitrogens with one attached hydrogen (secondary N) is 1. The summed E-state index contributed by atoms with van der Waals surface area (Å²) in [7, 11) is 3.12. The maximum atomic E-state index is 12.6. The molecule has 1 aliphatic heterocycles. The number of carbonyl (C=O) groups excluding carboxylic acids is 1. The van der Waals surface area contributed by atoms with E-state index < -0.39 is 0 Å². The summed E-state index contributed by atoms with van der Waals surface area (Å²) in [5, 5.41) is 2.94. The lowest BCUT2D eigenvalue weighted by atomic mass is 10.0. The van der Waals surface area contributed by atoms with Crippen LogP contribution in [0.4, 0.5) is 17.1 Å². The second-order valence-corrected chi connectivity index (χ2v) is 6.95. The van der Waals surface area contributed by atoms with Crippen molar-refractivity contribution in [3.63, 3.8) is 0 Å². The van der Waals surface area contributed by atoms with E-state index in [9.17, 15) is 4.79 Å². The fourth-order valence-electron chi connectivity index (χ4n) is 3.71. The Morgan fingerprint density at radius 3 is 2.45 bits per heavy atom. The van der Waals surface area contributed by atoms with E-state index in [1.807, 2.05) is 24.3 Å². The smallest absolute Gasteiger partial charge is 0.255 e. The van der Waals surface area contributed by atoms with Gasteiger partial charge in [0.1, 0.15) is 0 Å². The van der Waals surface area contributed by atoms with Gasteiger partial charge in [0.2, 0.25) is 0 Å². The Balaban J connectivity index is 1.50. The number of nitrogens with zero attached hydrogens (tertiary/aromatic N) is 1. The zero-order chi connectivity index (χ0) is 20.2. The molecule has 0 spiro atoms. The minimum Gasteiger partial charge on any atom is -0.493 e. The van der Waals surface area contributed by atoms with Crippen LogP contribution in [-0.4, -0.2) is 26.7 Å². The molecule has 0 saturated heterocycles. The first-order chi connectivity index (χ1) is 14.2. The highest BCUT2D eigenvalue weighted by molar-refractivity contribution is 6.04. The van der Waals surface area contributed by atoms with Crippen molar-refractivity contribution in [1.29, 1.82) is 0 Å². The standard InChI is InChI=1S/C24H24N2O3/c1-28-22-14-9-18(16-23(22)29-2)24(27)25-19-10-12-20(13-11-19)26-15-5-7-17-6-3-4-8-21(17)26/h3-4,6,8-14,16H,5,7,15H2,1-2H3,(H,25,27). The number of benzene rings is 3. The van der Waals surface area contributed by atoms with Gasteiger partial charge in [-0.25, -0.2) is 0 Å². The third-order valence-electron chi connectivity index (χ3n) is 5.19. The lowest BCUT2D eigenvalue weighted by molar-refractivity contribution is 0.102. The molecule has 0 radical (unpaired) electrons. The van der Waals surface area contributed by atoms with Gasteiger partial charge in [0.25, 0.3) is 5.91 Å². The molecule has 4 rings (SSSR count). The molecule has 1 heterocycles. The Labute approximate surface area is 170 Å². The highest BCUT2D eigenvalue weighted by atomic mass is 16.5. The quantitative estimate of drug-likeness (QED) is 0.665. The number of para-hydroxylation sites is 1. The molecule has 0 saturated carbocycles. The third-order valence-corrected chi connectivity index (χ3v) is 5.19. The molecule has 3 aromatic carbocycles. The Hall–Kier alpha value is -3.47. The Kier molecular flexibility index (Phi) is 5.38. The first-order valence-electron chi connectivity index (χ1n) is 9.68. The molecular formula is C24H24N2O3. The number of amides is 1. The SMILES string of the molecule is COc1ccc(C(=O)Nc2ccc(N3CCCc4ccccc43)cc2)cc1OC. The van der Waals surface area contributed by atoms with Gasteiger partial charge in [-0.2, -0.15) is 0 Å². The number of ether oxygens (including phenoxy) is 2. The van der Waals surface area contributed by atoms with Gasteiger partial charge in [0, 0.05) is 29.2 Å². The molecule has 5 heteroatoms. The minimum absolute atomic E-state index is 0.193. The number of rotatable bonds is 5. The molecule has 1 amide bonds. The van der Waals surface area contributed by atoms with Gasteiger partial charge in [0.15, 0.2) is 11.5 Å². The average Bonchev–Trinajstić information content (AvgIpc) is 2.78. The maximum absolute atomic E-state index is 12.6. The van der Waals surface area contributed by atoms with Crippen LogP contribution in [0.5, 0.6) is 11.5 Å². The summed E-state index contributed by atoms with van der Waals surface area (Å²) in [6.45, 7) is 0.994. The summed E-state index contributed by atoms with van der Waals surface area (Å²) in [5.74, 6) is 0.927. The number of methoxy groups -OCH3 is 2. The number of anilines is 3. The number of aryl methyl sites for hydroxylation is 1. The summed E-state index contributed by atoms with van der Waals surface area (Å²) < 4.78 is 10.5. The summed E-state index contributed by atoms with van der Waals surface area (Å²) in [6.07, 6.45) is 2.25. The maximum Gasteiger partial charge on any atom is 0.255 e. The summed E-state index contributed by atoms with van der Waals surface area (Å²) >= 11 is 0. The summed E-state index contributed by atoms with van der Waals surface area (Å²) in [4.78, 5) is 14.9. The van der Waals surface area contributed by atoms with Gasteiger partial charge in [-0.1, -0.05) is 18.2 Å². The largest absolute Gasteiger partial charge is 0.493 e. The van der Waals surface area contributed by atoms with E-state index >= 15 is 0 Å². The molecule has 0 atom stereocenters. The van der Waals surface area contributed by atoms with E-state index in [0.29, 0.717) is 17.1 Å². The van der Waals surface area contributed by atoms with Crippen molar-refractivity contribution in [1.82, 2.24) is 0 Å². The Morgan fingerprint density at radius 1 is 0.931 bits per heavy atom. The van der Waals surface area contributed by atoms with E-state index in [2.05, 4.69) is 34.5 Å². The lowest BCUT2D eigenvalue weighted by Crippen LogP contribution is -2.24. The van der Waals surface area contributed by atoms with Crippen molar-refractivity contribution in [2.45, 2.75) is 12.8 Å². The van der Waals surface area contributed by atoms with E-state index in [1.165, 1.54) is 11.3 Å². The van der Waals surface area contributed by atoms with Crippen LogP contribution in [-0.2, 0) is 6.42 Å². The average molecular weight is 388 g/mol. The fourth-order valence-corrected chi connectivity index (χ4v) is 3.71. The zero-order valence-electron chi connectivity index (χ0n) is 16.6. The summed E-state index contributed by atoms with van der Waals surface area (Å²) in [6, 6.07) is 21.6. The van der Waals surface area contributed by atoms with Crippen molar-refractivity contribution >= 4 is 23.0 Å². The van der Waals surface area contributed by atoms with E-state index in [-0.39, 0.29) is 5.91 Å². The molecule has 0 bridgehead atoms. The van der Waals surface area contributed by atoms with E-state index in [0.717, 1.165) is 30.8 Å².